The second kappa shape index (κ2) is 5.42. The molecule has 1 amide bonds. The van der Waals surface area contributed by atoms with Crippen LogP contribution in [-0.2, 0) is 6.54 Å². The lowest BCUT2D eigenvalue weighted by Crippen LogP contribution is -2.39. The number of nitrogens with zero attached hydrogens (tertiary/aromatic N) is 2. The highest BCUT2D eigenvalue weighted by molar-refractivity contribution is 14.1. The van der Waals surface area contributed by atoms with Gasteiger partial charge in [0, 0.05) is 29.4 Å². The van der Waals surface area contributed by atoms with Crippen LogP contribution in [0, 0.1) is 9.49 Å². The smallest absolute Gasteiger partial charge is 0.270 e. The maximum atomic E-state index is 12.4. The van der Waals surface area contributed by atoms with Crippen LogP contribution in [0.25, 0.3) is 0 Å². The molecule has 1 aromatic rings. The third-order valence-corrected chi connectivity index (χ3v) is 3.96. The summed E-state index contributed by atoms with van der Waals surface area (Å²) in [5, 5.41) is 0. The molecule has 94 valence electrons. The summed E-state index contributed by atoms with van der Waals surface area (Å²) in [4.78, 5) is 14.4. The van der Waals surface area contributed by atoms with Gasteiger partial charge in [0.15, 0.2) is 0 Å². The summed E-state index contributed by atoms with van der Waals surface area (Å²) in [7, 11) is 0. The summed E-state index contributed by atoms with van der Waals surface area (Å²) in [6.45, 7) is 6.97. The summed E-state index contributed by atoms with van der Waals surface area (Å²) in [5.74, 6) is 0.832. The number of carbonyl (C=O) groups is 1. The third-order valence-electron chi connectivity index (χ3n) is 3.37. The van der Waals surface area contributed by atoms with Gasteiger partial charge in [-0.25, -0.2) is 0 Å². The molecule has 1 atom stereocenters. The van der Waals surface area contributed by atoms with Gasteiger partial charge in [-0.2, -0.15) is 0 Å². The Morgan fingerprint density at radius 3 is 3.00 bits per heavy atom. The monoisotopic (exact) mass is 346 g/mol. The summed E-state index contributed by atoms with van der Waals surface area (Å²) >= 11 is 2.27. The van der Waals surface area contributed by atoms with E-state index < -0.39 is 0 Å². The van der Waals surface area contributed by atoms with Gasteiger partial charge in [-0.15, -0.1) is 0 Å². The van der Waals surface area contributed by atoms with Gasteiger partial charge in [0.1, 0.15) is 5.69 Å². The molecule has 1 saturated heterocycles. The summed E-state index contributed by atoms with van der Waals surface area (Å²) < 4.78 is 3.18. The minimum absolute atomic E-state index is 0.196. The van der Waals surface area contributed by atoms with Crippen LogP contribution >= 0.6 is 22.6 Å². The highest BCUT2D eigenvalue weighted by atomic mass is 127. The van der Waals surface area contributed by atoms with Gasteiger partial charge >= 0.3 is 0 Å². The van der Waals surface area contributed by atoms with Crippen molar-refractivity contribution in [2.45, 2.75) is 33.2 Å². The molecule has 2 heterocycles. The fraction of sp³-hybridized carbons (Fsp3) is 0.615. The first-order valence-electron chi connectivity index (χ1n) is 6.26. The lowest BCUT2D eigenvalue weighted by molar-refractivity contribution is 0.0672. The molecule has 2 rings (SSSR count). The largest absolute Gasteiger partial charge is 0.343 e. The van der Waals surface area contributed by atoms with Crippen molar-refractivity contribution in [3.8, 4) is 0 Å². The molecule has 4 heteroatoms. The number of carbonyl (C=O) groups excluding carboxylic acids is 1. The molecular weight excluding hydrogens is 327 g/mol. The van der Waals surface area contributed by atoms with Gasteiger partial charge in [0.25, 0.3) is 5.91 Å². The van der Waals surface area contributed by atoms with Crippen LogP contribution in [0.3, 0.4) is 0 Å². The second-order valence-electron chi connectivity index (χ2n) is 4.83. The lowest BCUT2D eigenvalue weighted by Gasteiger charge is -2.31. The van der Waals surface area contributed by atoms with Crippen LogP contribution in [0.15, 0.2) is 12.3 Å². The van der Waals surface area contributed by atoms with E-state index >= 15 is 0 Å². The van der Waals surface area contributed by atoms with Crippen LogP contribution in [0.2, 0.25) is 0 Å². The third kappa shape index (κ3) is 2.84. The van der Waals surface area contributed by atoms with E-state index in [0.717, 1.165) is 35.3 Å². The summed E-state index contributed by atoms with van der Waals surface area (Å²) in [6.07, 6.45) is 4.42. The van der Waals surface area contributed by atoms with Crippen molar-refractivity contribution in [1.82, 2.24) is 9.47 Å². The van der Waals surface area contributed by atoms with E-state index in [2.05, 4.69) is 36.4 Å². The van der Waals surface area contributed by atoms with Gasteiger partial charge in [-0.3, -0.25) is 4.79 Å². The molecule has 1 fully saturated rings. The van der Waals surface area contributed by atoms with Crippen molar-refractivity contribution < 1.29 is 4.79 Å². The average molecular weight is 346 g/mol. The number of aromatic nitrogens is 1. The van der Waals surface area contributed by atoms with Crippen molar-refractivity contribution in [3.05, 3.63) is 21.5 Å². The Kier molecular flexibility index (Phi) is 4.12. The Labute approximate surface area is 116 Å². The molecule has 0 radical (unpaired) electrons. The molecule has 0 bridgehead atoms. The molecule has 1 unspecified atom stereocenters. The fourth-order valence-electron chi connectivity index (χ4n) is 2.45. The van der Waals surface area contributed by atoms with Gasteiger partial charge in [-0.05, 0) is 54.3 Å². The van der Waals surface area contributed by atoms with E-state index in [9.17, 15) is 4.79 Å². The number of rotatable bonds is 2. The Morgan fingerprint density at radius 2 is 2.35 bits per heavy atom. The first-order valence-corrected chi connectivity index (χ1v) is 7.34. The number of hydrogen-bond donors (Lipinski definition) is 0. The maximum Gasteiger partial charge on any atom is 0.270 e. The zero-order chi connectivity index (χ0) is 12.4. The number of halogens is 1. The predicted octanol–water partition coefficient (Wildman–Crippen LogP) is 2.98. The van der Waals surface area contributed by atoms with E-state index in [0.29, 0.717) is 5.92 Å². The minimum atomic E-state index is 0.196. The number of likely N-dealkylation sites (tertiary alicyclic amines) is 1. The Bertz CT molecular complexity index is 414. The lowest BCUT2D eigenvalue weighted by atomic mass is 10.00. The second-order valence-corrected chi connectivity index (χ2v) is 6.07. The molecule has 0 aliphatic carbocycles. The number of amides is 1. The van der Waals surface area contributed by atoms with Crippen LogP contribution < -0.4 is 0 Å². The van der Waals surface area contributed by atoms with Crippen molar-refractivity contribution in [3.63, 3.8) is 0 Å². The number of hydrogen-bond acceptors (Lipinski definition) is 1. The van der Waals surface area contributed by atoms with Gasteiger partial charge < -0.3 is 9.47 Å². The topological polar surface area (TPSA) is 25.2 Å². The highest BCUT2D eigenvalue weighted by Gasteiger charge is 2.24. The molecule has 0 spiro atoms. The van der Waals surface area contributed by atoms with Crippen LogP contribution in [-0.4, -0.2) is 28.5 Å². The molecule has 1 aliphatic rings. The molecule has 0 saturated carbocycles. The molecule has 1 aromatic heterocycles. The van der Waals surface area contributed by atoms with Gasteiger partial charge in [-0.1, -0.05) is 6.92 Å². The summed E-state index contributed by atoms with van der Waals surface area (Å²) in [6, 6.07) is 1.99. The first kappa shape index (κ1) is 12.9. The van der Waals surface area contributed by atoms with E-state index in [1.807, 2.05) is 21.7 Å². The normalized spacial score (nSPS) is 20.6. The van der Waals surface area contributed by atoms with Gasteiger partial charge in [0.05, 0.1) is 0 Å². The fourth-order valence-corrected chi connectivity index (χ4v) is 3.08. The average Bonchev–Trinajstić information content (AvgIpc) is 2.69. The zero-order valence-electron chi connectivity index (χ0n) is 10.4. The SMILES string of the molecule is CCn1cc(I)cc1C(=O)N1CCCC(C)C1. The zero-order valence-corrected chi connectivity index (χ0v) is 12.6. The van der Waals surface area contributed by atoms with E-state index in [4.69, 9.17) is 0 Å². The molecule has 17 heavy (non-hydrogen) atoms. The Morgan fingerprint density at radius 1 is 1.59 bits per heavy atom. The van der Waals surface area contributed by atoms with Crippen molar-refractivity contribution in [2.75, 3.05) is 13.1 Å². The van der Waals surface area contributed by atoms with Crippen LogP contribution in [0.4, 0.5) is 0 Å². The standard InChI is InChI=1S/C13H19IN2O/c1-3-15-9-11(14)7-12(15)13(17)16-6-4-5-10(2)8-16/h7,9-10H,3-6,8H2,1-2H3. The minimum Gasteiger partial charge on any atom is -0.343 e. The Hall–Kier alpha value is -0.520. The van der Waals surface area contributed by atoms with E-state index in [-0.39, 0.29) is 5.91 Å². The quantitative estimate of drug-likeness (QED) is 0.756. The molecule has 3 nitrogen and oxygen atoms in total. The first-order chi connectivity index (χ1) is 8.11. The van der Waals surface area contributed by atoms with Crippen molar-refractivity contribution >= 4 is 28.5 Å². The predicted molar refractivity (Wildman–Crippen MR) is 77.1 cm³/mol. The number of piperidine rings is 1. The summed E-state index contributed by atoms with van der Waals surface area (Å²) in [5.41, 5.74) is 0.839. The molecule has 0 aromatic carbocycles. The van der Waals surface area contributed by atoms with Crippen LogP contribution in [0.1, 0.15) is 37.2 Å². The van der Waals surface area contributed by atoms with Crippen molar-refractivity contribution in [2.24, 2.45) is 5.92 Å². The molecular formula is C13H19IN2O. The van der Waals surface area contributed by atoms with Gasteiger partial charge in [0.2, 0.25) is 0 Å². The van der Waals surface area contributed by atoms with E-state index in [1.54, 1.807) is 0 Å². The highest BCUT2D eigenvalue weighted by Crippen LogP contribution is 2.19. The van der Waals surface area contributed by atoms with Crippen molar-refractivity contribution in [1.29, 1.82) is 0 Å². The van der Waals surface area contributed by atoms with Crippen LogP contribution in [0.5, 0.6) is 0 Å². The van der Waals surface area contributed by atoms with E-state index in [1.165, 1.54) is 6.42 Å². The number of aryl methyl sites for hydroxylation is 1. The maximum absolute atomic E-state index is 12.4. The molecule has 0 N–H and O–H groups in total. The molecule has 1 aliphatic heterocycles. The Balaban J connectivity index is 2.18.